The van der Waals surface area contributed by atoms with Crippen LogP contribution in [-0.2, 0) is 11.3 Å². The second-order valence-electron chi connectivity index (χ2n) is 3.90. The largest absolute Gasteiger partial charge is 0.480 e. The van der Waals surface area contributed by atoms with Crippen molar-refractivity contribution >= 4 is 18.4 Å². The number of furan rings is 1. The summed E-state index contributed by atoms with van der Waals surface area (Å²) in [7, 11) is 0. The van der Waals surface area contributed by atoms with Crippen molar-refractivity contribution in [1.82, 2.24) is 4.90 Å². The van der Waals surface area contributed by atoms with Crippen LogP contribution in [0.3, 0.4) is 0 Å². The van der Waals surface area contributed by atoms with E-state index in [1.165, 1.54) is 0 Å². The van der Waals surface area contributed by atoms with Gasteiger partial charge in [-0.15, -0.1) is 12.4 Å². The molecule has 1 saturated heterocycles. The summed E-state index contributed by atoms with van der Waals surface area (Å²) >= 11 is 0. The zero-order valence-electron chi connectivity index (χ0n) is 8.96. The molecule has 1 aliphatic heterocycles. The number of halogens is 1. The number of carboxylic acids is 1. The van der Waals surface area contributed by atoms with Crippen molar-refractivity contribution in [2.45, 2.75) is 31.8 Å². The Kier molecular flexibility index (Phi) is 4.83. The second-order valence-corrected chi connectivity index (χ2v) is 3.90. The Bertz CT molecular complexity index is 326. The summed E-state index contributed by atoms with van der Waals surface area (Å²) < 4.78 is 5.23. The minimum atomic E-state index is -0.721. The normalized spacial score (nSPS) is 21.4. The van der Waals surface area contributed by atoms with Gasteiger partial charge in [-0.2, -0.15) is 0 Å². The standard InChI is InChI=1S/C11H15NO3.ClH/c13-11(14)10-5-1-2-6-12(10)8-9-4-3-7-15-9;/h3-4,7,10H,1-2,5-6,8H2,(H,13,14);1H. The van der Waals surface area contributed by atoms with Gasteiger partial charge in [-0.05, 0) is 31.5 Å². The lowest BCUT2D eigenvalue weighted by atomic mass is 10.0. The van der Waals surface area contributed by atoms with Crippen molar-refractivity contribution in [3.05, 3.63) is 24.2 Å². The van der Waals surface area contributed by atoms with Crippen molar-refractivity contribution in [1.29, 1.82) is 0 Å². The lowest BCUT2D eigenvalue weighted by molar-refractivity contribution is -0.145. The van der Waals surface area contributed by atoms with Crippen LogP contribution in [0.25, 0.3) is 0 Å². The predicted molar refractivity (Wildman–Crippen MR) is 61.6 cm³/mol. The highest BCUT2D eigenvalue weighted by molar-refractivity contribution is 5.85. The van der Waals surface area contributed by atoms with Crippen LogP contribution >= 0.6 is 12.4 Å². The van der Waals surface area contributed by atoms with Crippen LogP contribution in [0.5, 0.6) is 0 Å². The second kappa shape index (κ2) is 5.92. The van der Waals surface area contributed by atoms with E-state index in [4.69, 9.17) is 9.52 Å². The van der Waals surface area contributed by atoms with Crippen molar-refractivity contribution in [2.75, 3.05) is 6.54 Å². The molecule has 16 heavy (non-hydrogen) atoms. The van der Waals surface area contributed by atoms with E-state index in [1.807, 2.05) is 17.0 Å². The van der Waals surface area contributed by atoms with Gasteiger partial charge in [0, 0.05) is 0 Å². The molecule has 0 radical (unpaired) electrons. The van der Waals surface area contributed by atoms with E-state index in [0.717, 1.165) is 31.6 Å². The third kappa shape index (κ3) is 3.00. The molecular formula is C11H16ClNO3. The van der Waals surface area contributed by atoms with Crippen LogP contribution in [-0.4, -0.2) is 28.6 Å². The van der Waals surface area contributed by atoms with E-state index >= 15 is 0 Å². The molecule has 0 spiro atoms. The van der Waals surface area contributed by atoms with Crippen LogP contribution in [0, 0.1) is 0 Å². The molecule has 90 valence electrons. The maximum absolute atomic E-state index is 11.0. The highest BCUT2D eigenvalue weighted by Gasteiger charge is 2.28. The maximum atomic E-state index is 11.0. The number of carboxylic acid groups (broad SMARTS) is 1. The summed E-state index contributed by atoms with van der Waals surface area (Å²) in [5, 5.41) is 9.07. The molecule has 1 aromatic rings. The number of piperidine rings is 1. The summed E-state index contributed by atoms with van der Waals surface area (Å²) in [5.74, 6) is 0.115. The van der Waals surface area contributed by atoms with Crippen molar-refractivity contribution in [3.8, 4) is 0 Å². The fourth-order valence-electron chi connectivity index (χ4n) is 2.06. The summed E-state index contributed by atoms with van der Waals surface area (Å²) in [6.45, 7) is 1.45. The van der Waals surface area contributed by atoms with E-state index in [-0.39, 0.29) is 18.4 Å². The summed E-state index contributed by atoms with van der Waals surface area (Å²) in [5.41, 5.74) is 0. The molecule has 2 rings (SSSR count). The first kappa shape index (κ1) is 13.1. The smallest absolute Gasteiger partial charge is 0.320 e. The number of carbonyl (C=O) groups is 1. The fourth-order valence-corrected chi connectivity index (χ4v) is 2.06. The van der Waals surface area contributed by atoms with E-state index in [0.29, 0.717) is 6.54 Å². The Hall–Kier alpha value is -1.00. The molecule has 1 fully saturated rings. The predicted octanol–water partition coefficient (Wildman–Crippen LogP) is 2.14. The average molecular weight is 246 g/mol. The SMILES string of the molecule is Cl.O=C(O)C1CCCCN1Cc1ccco1. The zero-order valence-corrected chi connectivity index (χ0v) is 9.78. The summed E-state index contributed by atoms with van der Waals surface area (Å²) in [4.78, 5) is 13.0. The lowest BCUT2D eigenvalue weighted by Gasteiger charge is -2.31. The minimum Gasteiger partial charge on any atom is -0.480 e. The molecule has 1 aromatic heterocycles. The number of likely N-dealkylation sites (tertiary alicyclic amines) is 1. The first-order chi connectivity index (χ1) is 7.27. The molecule has 0 amide bonds. The van der Waals surface area contributed by atoms with Crippen molar-refractivity contribution < 1.29 is 14.3 Å². The van der Waals surface area contributed by atoms with Gasteiger partial charge >= 0.3 is 5.97 Å². The van der Waals surface area contributed by atoms with Gasteiger partial charge in [0.2, 0.25) is 0 Å². The topological polar surface area (TPSA) is 53.7 Å². The Morgan fingerprint density at radius 2 is 2.38 bits per heavy atom. The third-order valence-electron chi connectivity index (χ3n) is 2.84. The van der Waals surface area contributed by atoms with Gasteiger partial charge in [0.25, 0.3) is 0 Å². The van der Waals surface area contributed by atoms with Crippen molar-refractivity contribution in [2.24, 2.45) is 0 Å². The number of aliphatic carboxylic acids is 1. The van der Waals surface area contributed by atoms with Gasteiger partial charge in [-0.25, -0.2) is 0 Å². The molecule has 0 bridgehead atoms. The van der Waals surface area contributed by atoms with E-state index in [2.05, 4.69) is 0 Å². The van der Waals surface area contributed by atoms with Gasteiger partial charge in [-0.1, -0.05) is 6.42 Å². The van der Waals surface area contributed by atoms with E-state index in [9.17, 15) is 4.79 Å². The number of hydrogen-bond donors (Lipinski definition) is 1. The molecule has 1 unspecified atom stereocenters. The molecular weight excluding hydrogens is 230 g/mol. The molecule has 1 atom stereocenters. The Labute approximate surface area is 101 Å². The molecule has 1 N–H and O–H groups in total. The van der Waals surface area contributed by atoms with Crippen LogP contribution < -0.4 is 0 Å². The van der Waals surface area contributed by atoms with Gasteiger partial charge in [0.1, 0.15) is 11.8 Å². The quantitative estimate of drug-likeness (QED) is 0.887. The highest BCUT2D eigenvalue weighted by Crippen LogP contribution is 2.19. The molecule has 5 heteroatoms. The van der Waals surface area contributed by atoms with Gasteiger partial charge in [0.05, 0.1) is 12.8 Å². The molecule has 0 saturated carbocycles. The first-order valence-electron chi connectivity index (χ1n) is 5.26. The first-order valence-corrected chi connectivity index (χ1v) is 5.26. The monoisotopic (exact) mass is 245 g/mol. The Morgan fingerprint density at radius 1 is 1.56 bits per heavy atom. The van der Waals surface area contributed by atoms with Gasteiger partial charge in [-0.3, -0.25) is 9.69 Å². The maximum Gasteiger partial charge on any atom is 0.320 e. The fraction of sp³-hybridized carbons (Fsp3) is 0.545. The van der Waals surface area contributed by atoms with E-state index < -0.39 is 5.97 Å². The number of hydrogen-bond acceptors (Lipinski definition) is 3. The molecule has 1 aliphatic rings. The van der Waals surface area contributed by atoms with Crippen LogP contribution in [0.4, 0.5) is 0 Å². The van der Waals surface area contributed by atoms with Crippen LogP contribution in [0.1, 0.15) is 25.0 Å². The molecule has 2 heterocycles. The lowest BCUT2D eigenvalue weighted by Crippen LogP contribution is -2.43. The van der Waals surface area contributed by atoms with Crippen LogP contribution in [0.2, 0.25) is 0 Å². The third-order valence-corrected chi connectivity index (χ3v) is 2.84. The number of nitrogens with zero attached hydrogens (tertiary/aromatic N) is 1. The Balaban J connectivity index is 0.00000128. The molecule has 4 nitrogen and oxygen atoms in total. The molecule has 0 aromatic carbocycles. The minimum absolute atomic E-state index is 0. The van der Waals surface area contributed by atoms with Crippen molar-refractivity contribution in [3.63, 3.8) is 0 Å². The van der Waals surface area contributed by atoms with Crippen LogP contribution in [0.15, 0.2) is 22.8 Å². The molecule has 0 aliphatic carbocycles. The summed E-state index contributed by atoms with van der Waals surface area (Å²) in [6, 6.07) is 3.37. The highest BCUT2D eigenvalue weighted by atomic mass is 35.5. The average Bonchev–Trinajstić information content (AvgIpc) is 2.71. The Morgan fingerprint density at radius 3 is 3.00 bits per heavy atom. The number of rotatable bonds is 3. The summed E-state index contributed by atoms with van der Waals surface area (Å²) in [6.07, 6.45) is 4.45. The van der Waals surface area contributed by atoms with Gasteiger partial charge in [0.15, 0.2) is 0 Å². The zero-order chi connectivity index (χ0) is 10.7. The van der Waals surface area contributed by atoms with E-state index in [1.54, 1.807) is 6.26 Å². The van der Waals surface area contributed by atoms with Gasteiger partial charge < -0.3 is 9.52 Å².